The number of amides is 1. The first-order chi connectivity index (χ1) is 12.0. The summed E-state index contributed by atoms with van der Waals surface area (Å²) in [6, 6.07) is 8.59. The van der Waals surface area contributed by atoms with E-state index in [0.29, 0.717) is 11.5 Å². The number of carbonyl (C=O) groups is 1. The molecule has 25 heavy (non-hydrogen) atoms. The molecule has 0 spiro atoms. The van der Waals surface area contributed by atoms with Gasteiger partial charge in [0.1, 0.15) is 5.82 Å². The Balaban J connectivity index is 1.73. The van der Waals surface area contributed by atoms with Crippen LogP contribution in [0, 0.1) is 13.8 Å². The summed E-state index contributed by atoms with van der Waals surface area (Å²) < 4.78 is 0. The number of aromatic nitrogens is 2. The zero-order valence-electron chi connectivity index (χ0n) is 15.6. The minimum atomic E-state index is 0.0759. The van der Waals surface area contributed by atoms with Gasteiger partial charge in [0.25, 0.3) is 5.91 Å². The molecule has 1 aromatic heterocycles. The first-order valence-corrected chi connectivity index (χ1v) is 9.15. The van der Waals surface area contributed by atoms with Gasteiger partial charge < -0.3 is 4.90 Å². The predicted molar refractivity (Wildman–Crippen MR) is 99.9 cm³/mol. The third kappa shape index (κ3) is 3.73. The Morgan fingerprint density at radius 2 is 1.84 bits per heavy atom. The minimum absolute atomic E-state index is 0.0759. The second-order valence-corrected chi connectivity index (χ2v) is 7.29. The smallest absolute Gasteiger partial charge is 0.257 e. The lowest BCUT2D eigenvalue weighted by Gasteiger charge is -2.33. The van der Waals surface area contributed by atoms with Crippen LogP contribution in [0.4, 0.5) is 0 Å². The Morgan fingerprint density at radius 3 is 2.48 bits per heavy atom. The molecule has 1 aliphatic heterocycles. The van der Waals surface area contributed by atoms with Gasteiger partial charge in [0.15, 0.2) is 0 Å². The third-order valence-corrected chi connectivity index (χ3v) is 5.13. The van der Waals surface area contributed by atoms with Crippen LogP contribution in [0.1, 0.15) is 71.5 Å². The van der Waals surface area contributed by atoms with Gasteiger partial charge in [0, 0.05) is 19.3 Å². The average molecular weight is 337 g/mol. The van der Waals surface area contributed by atoms with Gasteiger partial charge >= 0.3 is 0 Å². The maximum absolute atomic E-state index is 13.0. The van der Waals surface area contributed by atoms with Crippen molar-refractivity contribution in [2.45, 2.75) is 52.4 Å². The maximum atomic E-state index is 13.0. The van der Waals surface area contributed by atoms with E-state index >= 15 is 0 Å². The Hall–Kier alpha value is -2.23. The van der Waals surface area contributed by atoms with Crippen molar-refractivity contribution < 1.29 is 4.79 Å². The molecule has 4 heteroatoms. The minimum Gasteiger partial charge on any atom is -0.338 e. The average Bonchev–Trinajstić information content (AvgIpc) is 2.61. The van der Waals surface area contributed by atoms with Crippen LogP contribution >= 0.6 is 0 Å². The Bertz CT molecular complexity index is 761. The van der Waals surface area contributed by atoms with Gasteiger partial charge in [-0.3, -0.25) is 4.79 Å². The molecule has 0 bridgehead atoms. The summed E-state index contributed by atoms with van der Waals surface area (Å²) in [6.07, 6.45) is 3.73. The van der Waals surface area contributed by atoms with Crippen molar-refractivity contribution in [2.75, 3.05) is 13.1 Å². The lowest BCUT2D eigenvalue weighted by Crippen LogP contribution is -2.38. The maximum Gasteiger partial charge on any atom is 0.257 e. The van der Waals surface area contributed by atoms with E-state index in [1.807, 2.05) is 11.8 Å². The summed E-state index contributed by atoms with van der Waals surface area (Å²) in [7, 11) is 0. The topological polar surface area (TPSA) is 46.1 Å². The summed E-state index contributed by atoms with van der Waals surface area (Å²) in [4.78, 5) is 23.7. The molecule has 0 saturated carbocycles. The Labute approximate surface area is 150 Å². The Kier molecular flexibility index (Phi) is 5.16. The lowest BCUT2D eigenvalue weighted by atomic mass is 9.86. The van der Waals surface area contributed by atoms with Crippen molar-refractivity contribution in [3.63, 3.8) is 0 Å². The van der Waals surface area contributed by atoms with Crippen LogP contribution < -0.4 is 0 Å². The molecule has 1 saturated heterocycles. The summed E-state index contributed by atoms with van der Waals surface area (Å²) in [6.45, 7) is 9.78. The van der Waals surface area contributed by atoms with Crippen LogP contribution in [0.15, 0.2) is 30.5 Å². The van der Waals surface area contributed by atoms with E-state index in [1.54, 1.807) is 6.20 Å². The molecule has 132 valence electrons. The summed E-state index contributed by atoms with van der Waals surface area (Å²) in [5, 5.41) is 0. The second-order valence-electron chi connectivity index (χ2n) is 7.29. The summed E-state index contributed by atoms with van der Waals surface area (Å²) >= 11 is 0. The van der Waals surface area contributed by atoms with Crippen molar-refractivity contribution in [1.82, 2.24) is 14.9 Å². The molecule has 1 fully saturated rings. The van der Waals surface area contributed by atoms with Crippen molar-refractivity contribution >= 4 is 5.91 Å². The van der Waals surface area contributed by atoms with E-state index in [0.717, 1.165) is 37.4 Å². The van der Waals surface area contributed by atoms with Crippen molar-refractivity contribution in [3.05, 3.63) is 58.7 Å². The van der Waals surface area contributed by atoms with E-state index in [-0.39, 0.29) is 11.8 Å². The highest BCUT2D eigenvalue weighted by molar-refractivity contribution is 5.95. The van der Waals surface area contributed by atoms with Gasteiger partial charge in [-0.1, -0.05) is 38.1 Å². The Morgan fingerprint density at radius 1 is 1.16 bits per heavy atom. The number of benzene rings is 1. The highest BCUT2D eigenvalue weighted by Crippen LogP contribution is 2.31. The number of likely N-dealkylation sites (tertiary alicyclic amines) is 1. The molecule has 1 aromatic carbocycles. The number of aryl methyl sites for hydroxylation is 2. The fraction of sp³-hybridized carbons (Fsp3) is 0.476. The number of carbonyl (C=O) groups excluding carboxylic acids is 1. The van der Waals surface area contributed by atoms with Crippen LogP contribution in [0.3, 0.4) is 0 Å². The number of rotatable bonds is 3. The molecule has 0 aliphatic carbocycles. The van der Waals surface area contributed by atoms with Crippen molar-refractivity contribution in [3.8, 4) is 0 Å². The molecule has 0 radical (unpaired) electrons. The molecular formula is C21H27N3O. The first kappa shape index (κ1) is 17.6. The molecule has 1 aliphatic rings. The van der Waals surface area contributed by atoms with Gasteiger partial charge in [-0.15, -0.1) is 0 Å². The molecule has 2 aromatic rings. The summed E-state index contributed by atoms with van der Waals surface area (Å²) in [5.41, 5.74) is 4.30. The van der Waals surface area contributed by atoms with E-state index in [9.17, 15) is 4.79 Å². The summed E-state index contributed by atoms with van der Waals surface area (Å²) in [5.74, 6) is 1.56. The van der Waals surface area contributed by atoms with Crippen LogP contribution in [0.25, 0.3) is 0 Å². The fourth-order valence-electron chi connectivity index (χ4n) is 3.70. The van der Waals surface area contributed by atoms with Gasteiger partial charge in [0.05, 0.1) is 11.3 Å². The van der Waals surface area contributed by atoms with Crippen molar-refractivity contribution in [2.24, 2.45) is 0 Å². The largest absolute Gasteiger partial charge is 0.338 e. The number of nitrogens with zero attached hydrogens (tertiary/aromatic N) is 3. The van der Waals surface area contributed by atoms with E-state index in [2.05, 4.69) is 55.0 Å². The molecule has 1 amide bonds. The molecule has 0 atom stereocenters. The predicted octanol–water partition coefficient (Wildman–Crippen LogP) is 4.24. The van der Waals surface area contributed by atoms with Crippen LogP contribution in [-0.2, 0) is 0 Å². The first-order valence-electron chi connectivity index (χ1n) is 9.15. The van der Waals surface area contributed by atoms with Gasteiger partial charge in [-0.2, -0.15) is 0 Å². The normalized spacial score (nSPS) is 15.6. The number of hydrogen-bond donors (Lipinski definition) is 0. The zero-order chi connectivity index (χ0) is 18.0. The molecular weight excluding hydrogens is 310 g/mol. The highest BCUT2D eigenvalue weighted by Gasteiger charge is 2.27. The van der Waals surface area contributed by atoms with E-state index in [1.165, 1.54) is 11.1 Å². The van der Waals surface area contributed by atoms with Gasteiger partial charge in [-0.25, -0.2) is 9.97 Å². The van der Waals surface area contributed by atoms with E-state index in [4.69, 9.17) is 0 Å². The number of hydrogen-bond acceptors (Lipinski definition) is 3. The van der Waals surface area contributed by atoms with Crippen molar-refractivity contribution in [1.29, 1.82) is 0 Å². The number of piperidine rings is 1. The van der Waals surface area contributed by atoms with Crippen LogP contribution in [0.2, 0.25) is 0 Å². The molecule has 4 nitrogen and oxygen atoms in total. The monoisotopic (exact) mass is 337 g/mol. The lowest BCUT2D eigenvalue weighted by molar-refractivity contribution is 0.0710. The molecule has 2 heterocycles. The molecule has 3 rings (SSSR count). The van der Waals surface area contributed by atoms with Gasteiger partial charge in [0.2, 0.25) is 0 Å². The van der Waals surface area contributed by atoms with Crippen LogP contribution in [-0.4, -0.2) is 33.9 Å². The SMILES string of the molecule is Cc1ncc(C(=O)N2CCC(c3ccccc3C)CC2)c(C(C)C)n1. The van der Waals surface area contributed by atoms with Crippen LogP contribution in [0.5, 0.6) is 0 Å². The standard InChI is InChI=1S/C21H27N3O/c1-14(2)20-19(13-22-16(4)23-20)21(25)24-11-9-17(10-12-24)18-8-6-5-7-15(18)3/h5-8,13-14,17H,9-12H2,1-4H3. The molecule has 0 unspecified atom stereocenters. The van der Waals surface area contributed by atoms with E-state index < -0.39 is 0 Å². The molecule has 0 N–H and O–H groups in total. The van der Waals surface area contributed by atoms with Gasteiger partial charge in [-0.05, 0) is 49.7 Å². The highest BCUT2D eigenvalue weighted by atomic mass is 16.2. The third-order valence-electron chi connectivity index (χ3n) is 5.13. The quantitative estimate of drug-likeness (QED) is 0.842. The fourth-order valence-corrected chi connectivity index (χ4v) is 3.70. The second kappa shape index (κ2) is 7.34. The zero-order valence-corrected chi connectivity index (χ0v) is 15.6.